The van der Waals surface area contributed by atoms with E-state index in [4.69, 9.17) is 0 Å². The van der Waals surface area contributed by atoms with Crippen LogP contribution < -0.4 is 5.32 Å². The standard InChI is InChI=1S/C19H18N4O3S/c1-13-12-18(20-19(24)14(2)27-17-6-4-3-5-7-17)22(21-13)15-8-10-16(11-9-15)23(25)26/h3-12,14H,1-2H3,(H,20,24). The van der Waals surface area contributed by atoms with E-state index >= 15 is 0 Å². The van der Waals surface area contributed by atoms with E-state index in [1.807, 2.05) is 44.2 Å². The van der Waals surface area contributed by atoms with Gasteiger partial charge in [-0.05, 0) is 38.1 Å². The predicted molar refractivity (Wildman–Crippen MR) is 105 cm³/mol. The predicted octanol–water partition coefficient (Wildman–Crippen LogP) is 4.21. The number of hydrogen-bond donors (Lipinski definition) is 1. The molecule has 0 aliphatic carbocycles. The highest BCUT2D eigenvalue weighted by Gasteiger charge is 2.18. The van der Waals surface area contributed by atoms with E-state index in [9.17, 15) is 14.9 Å². The number of carbonyl (C=O) groups is 1. The zero-order chi connectivity index (χ0) is 19.4. The van der Waals surface area contributed by atoms with Crippen LogP contribution in [0.25, 0.3) is 5.69 Å². The smallest absolute Gasteiger partial charge is 0.269 e. The molecule has 1 amide bonds. The third kappa shape index (κ3) is 4.53. The summed E-state index contributed by atoms with van der Waals surface area (Å²) in [5, 5.41) is 17.8. The molecule has 8 heteroatoms. The Morgan fingerprint density at radius 1 is 1.19 bits per heavy atom. The van der Waals surface area contributed by atoms with Crippen LogP contribution in [-0.2, 0) is 4.79 Å². The van der Waals surface area contributed by atoms with Gasteiger partial charge in [0.1, 0.15) is 5.82 Å². The van der Waals surface area contributed by atoms with Crippen molar-refractivity contribution in [2.45, 2.75) is 24.0 Å². The summed E-state index contributed by atoms with van der Waals surface area (Å²) >= 11 is 1.47. The van der Waals surface area contributed by atoms with Gasteiger partial charge in [0, 0.05) is 23.1 Å². The Labute approximate surface area is 160 Å². The molecule has 0 spiro atoms. The number of aryl methyl sites for hydroxylation is 1. The number of nitro groups is 1. The van der Waals surface area contributed by atoms with Crippen LogP contribution in [0.5, 0.6) is 0 Å². The van der Waals surface area contributed by atoms with Crippen molar-refractivity contribution >= 4 is 29.2 Å². The van der Waals surface area contributed by atoms with E-state index in [2.05, 4.69) is 10.4 Å². The average Bonchev–Trinajstić information content (AvgIpc) is 3.02. The molecule has 138 valence electrons. The fraction of sp³-hybridized carbons (Fsp3) is 0.158. The van der Waals surface area contributed by atoms with Gasteiger partial charge in [-0.15, -0.1) is 11.8 Å². The highest BCUT2D eigenvalue weighted by Crippen LogP contribution is 2.25. The topological polar surface area (TPSA) is 90.1 Å². The average molecular weight is 382 g/mol. The first-order valence-corrected chi connectivity index (χ1v) is 9.16. The molecule has 3 aromatic rings. The number of anilines is 1. The van der Waals surface area contributed by atoms with Gasteiger partial charge in [0.2, 0.25) is 5.91 Å². The molecule has 0 aliphatic rings. The molecule has 0 fully saturated rings. The number of thioether (sulfide) groups is 1. The second-order valence-electron chi connectivity index (χ2n) is 5.92. The van der Waals surface area contributed by atoms with Crippen LogP contribution in [0.2, 0.25) is 0 Å². The van der Waals surface area contributed by atoms with E-state index in [0.29, 0.717) is 11.5 Å². The molecular weight excluding hydrogens is 364 g/mol. The minimum atomic E-state index is -0.455. The number of benzene rings is 2. The number of aromatic nitrogens is 2. The first-order chi connectivity index (χ1) is 12.9. The van der Waals surface area contributed by atoms with E-state index in [-0.39, 0.29) is 16.8 Å². The van der Waals surface area contributed by atoms with Crippen LogP contribution >= 0.6 is 11.8 Å². The molecule has 0 saturated heterocycles. The molecule has 1 heterocycles. The van der Waals surface area contributed by atoms with Crippen molar-refractivity contribution < 1.29 is 9.72 Å². The summed E-state index contributed by atoms with van der Waals surface area (Å²) < 4.78 is 1.57. The third-order valence-corrected chi connectivity index (χ3v) is 4.93. The maximum atomic E-state index is 12.6. The number of rotatable bonds is 6. The Balaban J connectivity index is 1.77. The Morgan fingerprint density at radius 2 is 1.85 bits per heavy atom. The van der Waals surface area contributed by atoms with E-state index in [0.717, 1.165) is 10.6 Å². The van der Waals surface area contributed by atoms with Gasteiger partial charge < -0.3 is 5.32 Å². The zero-order valence-corrected chi connectivity index (χ0v) is 15.6. The van der Waals surface area contributed by atoms with Gasteiger partial charge >= 0.3 is 0 Å². The van der Waals surface area contributed by atoms with Crippen molar-refractivity contribution in [1.82, 2.24) is 9.78 Å². The lowest BCUT2D eigenvalue weighted by Gasteiger charge is -2.13. The Hall–Kier alpha value is -3.13. The zero-order valence-electron chi connectivity index (χ0n) is 14.8. The lowest BCUT2D eigenvalue weighted by Crippen LogP contribution is -2.23. The molecule has 3 rings (SSSR count). The van der Waals surface area contributed by atoms with Crippen LogP contribution in [-0.4, -0.2) is 25.9 Å². The number of non-ortho nitro benzene ring substituents is 1. The maximum absolute atomic E-state index is 12.6. The minimum Gasteiger partial charge on any atom is -0.310 e. The van der Waals surface area contributed by atoms with Crippen molar-refractivity contribution in [3.8, 4) is 5.69 Å². The highest BCUT2D eigenvalue weighted by molar-refractivity contribution is 8.00. The van der Waals surface area contributed by atoms with Gasteiger partial charge in [-0.25, -0.2) is 4.68 Å². The molecular formula is C19H18N4O3S. The van der Waals surface area contributed by atoms with Gasteiger partial charge in [-0.1, -0.05) is 18.2 Å². The second kappa shape index (κ2) is 8.05. The van der Waals surface area contributed by atoms with Crippen molar-refractivity contribution in [2.75, 3.05) is 5.32 Å². The van der Waals surface area contributed by atoms with Crippen LogP contribution in [0.3, 0.4) is 0 Å². The number of nitrogens with one attached hydrogen (secondary N) is 1. The van der Waals surface area contributed by atoms with Crippen LogP contribution in [0, 0.1) is 17.0 Å². The molecule has 7 nitrogen and oxygen atoms in total. The summed E-state index contributed by atoms with van der Waals surface area (Å²) in [7, 11) is 0. The van der Waals surface area contributed by atoms with Crippen LogP contribution in [0.4, 0.5) is 11.5 Å². The second-order valence-corrected chi connectivity index (χ2v) is 7.33. The summed E-state index contributed by atoms with van der Waals surface area (Å²) in [5.74, 6) is 0.374. The van der Waals surface area contributed by atoms with Crippen molar-refractivity contribution in [3.05, 3.63) is 76.5 Å². The van der Waals surface area contributed by atoms with Crippen molar-refractivity contribution in [1.29, 1.82) is 0 Å². The number of nitrogens with zero attached hydrogens (tertiary/aromatic N) is 3. The number of amides is 1. The van der Waals surface area contributed by atoms with E-state index in [1.165, 1.54) is 23.9 Å². The Kier molecular flexibility index (Phi) is 5.56. The fourth-order valence-electron chi connectivity index (χ4n) is 2.49. The molecule has 0 bridgehead atoms. The van der Waals surface area contributed by atoms with Gasteiger partial charge in [0.05, 0.1) is 21.6 Å². The SMILES string of the molecule is Cc1cc(NC(=O)C(C)Sc2ccccc2)n(-c2ccc([N+](=O)[O-])cc2)n1. The van der Waals surface area contributed by atoms with Crippen molar-refractivity contribution in [3.63, 3.8) is 0 Å². The summed E-state index contributed by atoms with van der Waals surface area (Å²) in [6.07, 6.45) is 0. The molecule has 27 heavy (non-hydrogen) atoms. The van der Waals surface area contributed by atoms with Gasteiger partial charge in [-0.2, -0.15) is 5.10 Å². The molecule has 1 unspecified atom stereocenters. The summed E-state index contributed by atoms with van der Waals surface area (Å²) in [6.45, 7) is 3.66. The molecule has 2 aromatic carbocycles. The molecule has 0 aliphatic heterocycles. The van der Waals surface area contributed by atoms with Crippen LogP contribution in [0.15, 0.2) is 65.6 Å². The minimum absolute atomic E-state index is 0.00102. The molecule has 1 aromatic heterocycles. The van der Waals surface area contributed by atoms with E-state index in [1.54, 1.807) is 22.9 Å². The molecule has 1 N–H and O–H groups in total. The normalized spacial score (nSPS) is 11.8. The molecule has 0 radical (unpaired) electrons. The largest absolute Gasteiger partial charge is 0.310 e. The highest BCUT2D eigenvalue weighted by atomic mass is 32.2. The van der Waals surface area contributed by atoms with Crippen molar-refractivity contribution in [2.24, 2.45) is 0 Å². The van der Waals surface area contributed by atoms with Gasteiger partial charge in [-0.3, -0.25) is 14.9 Å². The lowest BCUT2D eigenvalue weighted by molar-refractivity contribution is -0.384. The van der Waals surface area contributed by atoms with Gasteiger partial charge in [0.25, 0.3) is 5.69 Å². The van der Waals surface area contributed by atoms with Crippen LogP contribution in [0.1, 0.15) is 12.6 Å². The lowest BCUT2D eigenvalue weighted by atomic mass is 10.3. The number of nitro benzene ring substituents is 1. The quantitative estimate of drug-likeness (QED) is 0.392. The Morgan fingerprint density at radius 3 is 2.48 bits per heavy atom. The van der Waals surface area contributed by atoms with E-state index < -0.39 is 4.92 Å². The molecule has 1 atom stereocenters. The fourth-order valence-corrected chi connectivity index (χ4v) is 3.37. The summed E-state index contributed by atoms with van der Waals surface area (Å²) in [6, 6.07) is 17.5. The molecule has 0 saturated carbocycles. The summed E-state index contributed by atoms with van der Waals surface area (Å²) in [4.78, 5) is 24.0. The third-order valence-electron chi connectivity index (χ3n) is 3.81. The first kappa shape index (κ1) is 18.7. The number of hydrogen-bond acceptors (Lipinski definition) is 5. The summed E-state index contributed by atoms with van der Waals surface area (Å²) in [5.41, 5.74) is 1.36. The monoisotopic (exact) mass is 382 g/mol. The first-order valence-electron chi connectivity index (χ1n) is 8.28. The maximum Gasteiger partial charge on any atom is 0.269 e. The van der Waals surface area contributed by atoms with Gasteiger partial charge in [0.15, 0.2) is 0 Å². The Bertz CT molecular complexity index is 955. The number of carbonyl (C=O) groups excluding carboxylic acids is 1.